The second kappa shape index (κ2) is 10.9. The second-order valence-corrected chi connectivity index (χ2v) is 8.95. The number of halogens is 4. The van der Waals surface area contributed by atoms with Gasteiger partial charge in [0.25, 0.3) is 0 Å². The van der Waals surface area contributed by atoms with Crippen LogP contribution in [0.15, 0.2) is 82.0 Å². The second-order valence-electron chi connectivity index (χ2n) is 7.11. The van der Waals surface area contributed by atoms with Gasteiger partial charge in [-0.1, -0.05) is 52.3 Å². The predicted molar refractivity (Wildman–Crippen MR) is 125 cm³/mol. The third-order valence-corrected chi connectivity index (χ3v) is 6.36. The molecule has 172 valence electrons. The van der Waals surface area contributed by atoms with Crippen LogP contribution in [-0.2, 0) is 15.7 Å². The molecule has 1 unspecified atom stereocenters. The summed E-state index contributed by atoms with van der Waals surface area (Å²) in [6.45, 7) is 1.66. The minimum absolute atomic E-state index is 0.0123. The van der Waals surface area contributed by atoms with Gasteiger partial charge in [0.1, 0.15) is 6.61 Å². The number of carbonyl (C=O) groups is 1. The lowest BCUT2D eigenvalue weighted by molar-refractivity contribution is -0.140. The largest absolute Gasteiger partial charge is 0.461 e. The van der Waals surface area contributed by atoms with Crippen LogP contribution >= 0.6 is 27.7 Å². The van der Waals surface area contributed by atoms with Crippen LogP contribution in [0.2, 0.25) is 0 Å². The zero-order chi connectivity index (χ0) is 24.0. The Morgan fingerprint density at radius 1 is 1.18 bits per heavy atom. The van der Waals surface area contributed by atoms with E-state index in [1.54, 1.807) is 6.92 Å². The number of thioether (sulfide) groups is 1. The van der Waals surface area contributed by atoms with E-state index in [0.29, 0.717) is 16.7 Å². The van der Waals surface area contributed by atoms with Crippen molar-refractivity contribution in [2.75, 3.05) is 17.7 Å². The maximum Gasteiger partial charge on any atom is 0.416 e. The van der Waals surface area contributed by atoms with E-state index in [1.165, 1.54) is 30.0 Å². The van der Waals surface area contributed by atoms with Crippen LogP contribution in [0, 0.1) is 11.3 Å². The van der Waals surface area contributed by atoms with Crippen molar-refractivity contribution < 1.29 is 22.7 Å². The number of esters is 1. The van der Waals surface area contributed by atoms with Gasteiger partial charge in [0, 0.05) is 27.4 Å². The fraction of sp³-hybridized carbons (Fsp3) is 0.250. The van der Waals surface area contributed by atoms with Crippen molar-refractivity contribution in [2.45, 2.75) is 23.9 Å². The number of alkyl halides is 4. The molecule has 0 bridgehead atoms. The van der Waals surface area contributed by atoms with E-state index in [9.17, 15) is 23.2 Å². The van der Waals surface area contributed by atoms with Crippen molar-refractivity contribution in [2.24, 2.45) is 0 Å². The van der Waals surface area contributed by atoms with Gasteiger partial charge in [-0.3, -0.25) is 0 Å². The van der Waals surface area contributed by atoms with Crippen LogP contribution in [0.4, 0.5) is 13.2 Å². The van der Waals surface area contributed by atoms with Crippen LogP contribution in [0.1, 0.15) is 24.0 Å². The highest BCUT2D eigenvalue weighted by atomic mass is 79.9. The average molecular weight is 537 g/mol. The number of hydrogen-bond acceptors (Lipinski definition) is 5. The van der Waals surface area contributed by atoms with Gasteiger partial charge in [-0.25, -0.2) is 4.79 Å². The van der Waals surface area contributed by atoms with E-state index in [1.807, 2.05) is 36.4 Å². The minimum atomic E-state index is -4.65. The van der Waals surface area contributed by atoms with Crippen molar-refractivity contribution in [1.82, 2.24) is 5.32 Å². The molecule has 0 aromatic heterocycles. The molecule has 0 fully saturated rings. The fourth-order valence-corrected chi connectivity index (χ4v) is 4.65. The molecule has 0 aliphatic carbocycles. The molecule has 0 saturated carbocycles. The molecule has 1 atom stereocenters. The molecule has 1 N–H and O–H groups in total. The molecule has 1 aliphatic heterocycles. The number of rotatable bonds is 7. The number of ether oxygens (including phenoxy) is 1. The lowest BCUT2D eigenvalue weighted by Crippen LogP contribution is -2.32. The lowest BCUT2D eigenvalue weighted by Gasteiger charge is -2.31. The number of dihydropyridines is 1. The maximum atomic E-state index is 13.9. The Morgan fingerprint density at radius 3 is 2.48 bits per heavy atom. The Kier molecular flexibility index (Phi) is 8.27. The smallest absolute Gasteiger partial charge is 0.416 e. The van der Waals surface area contributed by atoms with E-state index in [-0.39, 0.29) is 29.1 Å². The Labute approximate surface area is 202 Å². The van der Waals surface area contributed by atoms with Gasteiger partial charge in [0.2, 0.25) is 0 Å². The fourth-order valence-electron chi connectivity index (χ4n) is 3.60. The molecule has 1 aliphatic rings. The molecule has 33 heavy (non-hydrogen) atoms. The quantitative estimate of drug-likeness (QED) is 0.260. The summed E-state index contributed by atoms with van der Waals surface area (Å²) in [6, 6.07) is 16.5. The first-order valence-corrected chi connectivity index (χ1v) is 12.1. The summed E-state index contributed by atoms with van der Waals surface area (Å²) in [5.74, 6) is -1.68. The standard InChI is InChI=1S/C24H20BrF3N2O2S/c1-15-18(13-29)21(17-9-5-6-10-19(17)24(26,27)28)22(23(31)32-12-11-25)20(30-15)14-33-16-7-3-2-4-8-16/h2-10,21,30H,11-12,14H2,1H3. The number of hydrogen-bond donors (Lipinski definition) is 1. The van der Waals surface area contributed by atoms with Crippen molar-refractivity contribution in [1.29, 1.82) is 5.26 Å². The van der Waals surface area contributed by atoms with Crippen molar-refractivity contribution >= 4 is 33.7 Å². The molecule has 0 radical (unpaired) electrons. The third kappa shape index (κ3) is 5.81. The van der Waals surface area contributed by atoms with Crippen molar-refractivity contribution in [3.8, 4) is 6.07 Å². The topological polar surface area (TPSA) is 62.1 Å². The molecule has 2 aromatic rings. The molecule has 9 heteroatoms. The molecule has 3 rings (SSSR count). The first-order valence-electron chi connectivity index (χ1n) is 9.96. The highest BCUT2D eigenvalue weighted by Gasteiger charge is 2.41. The maximum absolute atomic E-state index is 13.9. The predicted octanol–water partition coefficient (Wildman–Crippen LogP) is 6.17. The first-order chi connectivity index (χ1) is 15.8. The van der Waals surface area contributed by atoms with E-state index in [0.717, 1.165) is 11.0 Å². The number of benzene rings is 2. The molecular formula is C24H20BrF3N2O2S. The molecule has 0 amide bonds. The lowest BCUT2D eigenvalue weighted by atomic mass is 9.79. The number of allylic oxidation sites excluding steroid dienone is 2. The third-order valence-electron chi connectivity index (χ3n) is 5.00. The van der Waals surface area contributed by atoms with E-state index < -0.39 is 23.6 Å². The Balaban J connectivity index is 2.17. The summed E-state index contributed by atoms with van der Waals surface area (Å²) in [7, 11) is 0. The van der Waals surface area contributed by atoms with Crippen LogP contribution in [-0.4, -0.2) is 23.7 Å². The van der Waals surface area contributed by atoms with E-state index >= 15 is 0 Å². The van der Waals surface area contributed by atoms with Crippen LogP contribution in [0.3, 0.4) is 0 Å². The van der Waals surface area contributed by atoms with Gasteiger partial charge in [-0.2, -0.15) is 18.4 Å². The zero-order valence-electron chi connectivity index (χ0n) is 17.6. The van der Waals surface area contributed by atoms with Crippen LogP contribution < -0.4 is 5.32 Å². The molecule has 0 saturated heterocycles. The van der Waals surface area contributed by atoms with E-state index in [4.69, 9.17) is 4.74 Å². The Morgan fingerprint density at radius 2 is 1.85 bits per heavy atom. The number of carbonyl (C=O) groups excluding carboxylic acids is 1. The highest BCUT2D eigenvalue weighted by molar-refractivity contribution is 9.09. The summed E-state index contributed by atoms with van der Waals surface area (Å²) in [6.07, 6.45) is -4.65. The van der Waals surface area contributed by atoms with Gasteiger partial charge in [0.05, 0.1) is 28.7 Å². The normalized spacial score (nSPS) is 16.3. The molecule has 4 nitrogen and oxygen atoms in total. The molecule has 0 spiro atoms. The van der Waals surface area contributed by atoms with Gasteiger partial charge in [-0.05, 0) is 30.7 Å². The minimum Gasteiger partial charge on any atom is -0.461 e. The van der Waals surface area contributed by atoms with Gasteiger partial charge < -0.3 is 10.1 Å². The molecule has 1 heterocycles. The summed E-state index contributed by atoms with van der Waals surface area (Å²) in [5, 5.41) is 13.3. The van der Waals surface area contributed by atoms with E-state index in [2.05, 4.69) is 21.2 Å². The van der Waals surface area contributed by atoms with Gasteiger partial charge >= 0.3 is 12.1 Å². The van der Waals surface area contributed by atoms with Gasteiger partial charge in [0.15, 0.2) is 0 Å². The van der Waals surface area contributed by atoms with Crippen molar-refractivity contribution in [3.05, 3.63) is 88.3 Å². The molecular weight excluding hydrogens is 517 g/mol. The number of nitrogens with zero attached hydrogens (tertiary/aromatic N) is 1. The summed E-state index contributed by atoms with van der Waals surface area (Å²) in [4.78, 5) is 14.1. The summed E-state index contributed by atoms with van der Waals surface area (Å²) in [5.41, 5.74) is -0.167. The number of nitrogens with one attached hydrogen (secondary N) is 1. The molecule has 2 aromatic carbocycles. The Hall–Kier alpha value is -2.70. The highest BCUT2D eigenvalue weighted by Crippen LogP contribution is 2.44. The monoisotopic (exact) mass is 536 g/mol. The first kappa shape index (κ1) is 24.9. The van der Waals surface area contributed by atoms with Crippen LogP contribution in [0.5, 0.6) is 0 Å². The summed E-state index contributed by atoms with van der Waals surface area (Å²) < 4.78 is 46.9. The van der Waals surface area contributed by atoms with Crippen LogP contribution in [0.25, 0.3) is 0 Å². The summed E-state index contributed by atoms with van der Waals surface area (Å²) >= 11 is 4.61. The average Bonchev–Trinajstić information content (AvgIpc) is 2.80. The van der Waals surface area contributed by atoms with Gasteiger partial charge in [-0.15, -0.1) is 11.8 Å². The SMILES string of the molecule is CC1=C(C#N)C(c2ccccc2C(F)(F)F)C(C(=O)OCCBr)=C(CSc2ccccc2)N1. The van der Waals surface area contributed by atoms with Crippen molar-refractivity contribution in [3.63, 3.8) is 0 Å². The number of nitriles is 1. The zero-order valence-corrected chi connectivity index (χ0v) is 20.0. The Bertz CT molecular complexity index is 1120.